The van der Waals surface area contributed by atoms with Crippen LogP contribution in [-0.2, 0) is 12.8 Å². The van der Waals surface area contributed by atoms with Gasteiger partial charge in [-0.1, -0.05) is 52.0 Å². The Morgan fingerprint density at radius 1 is 0.647 bits per heavy atom. The lowest BCUT2D eigenvalue weighted by Crippen LogP contribution is -1.94. The van der Waals surface area contributed by atoms with Crippen molar-refractivity contribution in [2.75, 3.05) is 0 Å². The van der Waals surface area contributed by atoms with E-state index in [0.29, 0.717) is 34.3 Å². The maximum atomic E-state index is 10.3. The maximum Gasteiger partial charge on any atom is 0.124 e. The van der Waals surface area contributed by atoms with E-state index in [1.54, 1.807) is 24.6 Å². The third-order valence-electron chi connectivity index (χ3n) is 5.77. The van der Waals surface area contributed by atoms with Crippen LogP contribution in [0.4, 0.5) is 11.4 Å². The minimum atomic E-state index is 0.209. The van der Waals surface area contributed by atoms with Crippen molar-refractivity contribution in [3.8, 4) is 11.5 Å². The molecule has 2 N–H and O–H groups in total. The summed E-state index contributed by atoms with van der Waals surface area (Å²) in [6.45, 7) is 8.84. The fraction of sp³-hybridized carbons (Fsp3) is 0.333. The van der Waals surface area contributed by atoms with E-state index in [9.17, 15) is 10.2 Å². The number of aromatic hydroxyl groups is 2. The largest absolute Gasteiger partial charge is 0.507 e. The Balaban J connectivity index is 1.81. The zero-order valence-corrected chi connectivity index (χ0v) is 20.7. The molecule has 0 aliphatic carbocycles. The van der Waals surface area contributed by atoms with Crippen molar-refractivity contribution >= 4 is 23.8 Å². The molecule has 0 radical (unpaired) electrons. The maximum absolute atomic E-state index is 10.3. The highest BCUT2D eigenvalue weighted by molar-refractivity contribution is 5.89. The summed E-state index contributed by atoms with van der Waals surface area (Å²) in [5, 5.41) is 20.6. The molecule has 0 saturated heterocycles. The molecule has 0 aliphatic heterocycles. The first-order valence-electron chi connectivity index (χ1n) is 12.1. The van der Waals surface area contributed by atoms with Gasteiger partial charge in [-0.05, 0) is 85.0 Å². The summed E-state index contributed by atoms with van der Waals surface area (Å²) < 4.78 is 0. The first-order chi connectivity index (χ1) is 16.3. The molecule has 178 valence electrons. The highest BCUT2D eigenvalue weighted by atomic mass is 16.3. The monoisotopic (exact) mass is 456 g/mol. The Morgan fingerprint density at radius 2 is 1.06 bits per heavy atom. The van der Waals surface area contributed by atoms with Crippen molar-refractivity contribution < 1.29 is 10.2 Å². The van der Waals surface area contributed by atoms with Crippen molar-refractivity contribution in [2.45, 2.75) is 53.4 Å². The van der Waals surface area contributed by atoms with E-state index in [-0.39, 0.29) is 11.5 Å². The van der Waals surface area contributed by atoms with Crippen molar-refractivity contribution in [1.82, 2.24) is 0 Å². The molecule has 3 aromatic rings. The number of hydrogen-bond acceptors (Lipinski definition) is 4. The SMILES string of the molecule is CC(C)CCc1ccc(O)c(C=Nc2ccccc2N=Cc2cc(CCC(C)C)ccc2O)c1. The highest BCUT2D eigenvalue weighted by Crippen LogP contribution is 2.29. The Kier molecular flexibility index (Phi) is 9.03. The minimum Gasteiger partial charge on any atom is -0.507 e. The fourth-order valence-corrected chi connectivity index (χ4v) is 3.60. The third kappa shape index (κ3) is 7.58. The smallest absolute Gasteiger partial charge is 0.124 e. The predicted octanol–water partition coefficient (Wildman–Crippen LogP) is 7.78. The summed E-state index contributed by atoms with van der Waals surface area (Å²) in [5.74, 6) is 1.68. The lowest BCUT2D eigenvalue weighted by molar-refractivity contribution is 0.473. The van der Waals surface area contributed by atoms with Crippen LogP contribution < -0.4 is 0 Å². The van der Waals surface area contributed by atoms with Crippen LogP contribution in [0.3, 0.4) is 0 Å². The second kappa shape index (κ2) is 12.2. The molecule has 4 heteroatoms. The topological polar surface area (TPSA) is 65.2 Å². The van der Waals surface area contributed by atoms with E-state index >= 15 is 0 Å². The van der Waals surface area contributed by atoms with Crippen molar-refractivity contribution in [1.29, 1.82) is 0 Å². The molecule has 3 rings (SSSR count). The van der Waals surface area contributed by atoms with Gasteiger partial charge in [0.15, 0.2) is 0 Å². The summed E-state index contributed by atoms with van der Waals surface area (Å²) in [4.78, 5) is 9.23. The molecule has 0 fully saturated rings. The molecule has 0 aliphatic rings. The zero-order chi connectivity index (χ0) is 24.5. The third-order valence-corrected chi connectivity index (χ3v) is 5.77. The van der Waals surface area contributed by atoms with Gasteiger partial charge in [0, 0.05) is 23.6 Å². The molecule has 0 atom stereocenters. The summed E-state index contributed by atoms with van der Waals surface area (Å²) >= 11 is 0. The van der Waals surface area contributed by atoms with Gasteiger partial charge in [-0.3, -0.25) is 9.98 Å². The van der Waals surface area contributed by atoms with Gasteiger partial charge in [0.05, 0.1) is 11.4 Å². The van der Waals surface area contributed by atoms with Crippen LogP contribution in [0.5, 0.6) is 11.5 Å². The van der Waals surface area contributed by atoms with Gasteiger partial charge < -0.3 is 10.2 Å². The average molecular weight is 457 g/mol. The van der Waals surface area contributed by atoms with Crippen LogP contribution in [0.2, 0.25) is 0 Å². The molecule has 0 amide bonds. The molecule has 34 heavy (non-hydrogen) atoms. The lowest BCUT2D eigenvalue weighted by atomic mass is 10.0. The van der Waals surface area contributed by atoms with E-state index in [2.05, 4.69) is 37.7 Å². The van der Waals surface area contributed by atoms with Crippen molar-refractivity contribution in [2.24, 2.45) is 21.8 Å². The van der Waals surface area contributed by atoms with Crippen LogP contribution in [0.25, 0.3) is 0 Å². The molecule has 0 unspecified atom stereocenters. The van der Waals surface area contributed by atoms with Crippen LogP contribution in [-0.4, -0.2) is 22.6 Å². The number of phenols is 2. The van der Waals surface area contributed by atoms with Crippen molar-refractivity contribution in [3.63, 3.8) is 0 Å². The molecule has 3 aromatic carbocycles. The van der Waals surface area contributed by atoms with Crippen molar-refractivity contribution in [3.05, 3.63) is 82.9 Å². The number of aliphatic imine (C=N–C) groups is 2. The first kappa shape index (κ1) is 25.2. The lowest BCUT2D eigenvalue weighted by Gasteiger charge is -2.07. The minimum absolute atomic E-state index is 0.209. The van der Waals surface area contributed by atoms with E-state index in [1.165, 1.54) is 11.1 Å². The molecule has 4 nitrogen and oxygen atoms in total. The van der Waals surface area contributed by atoms with Gasteiger partial charge in [-0.15, -0.1) is 0 Å². The molecular weight excluding hydrogens is 420 g/mol. The summed E-state index contributed by atoms with van der Waals surface area (Å²) in [7, 11) is 0. The van der Waals surface area contributed by atoms with E-state index in [1.807, 2.05) is 48.5 Å². The van der Waals surface area contributed by atoms with E-state index in [4.69, 9.17) is 0 Å². The van der Waals surface area contributed by atoms with Crippen LogP contribution in [0, 0.1) is 11.8 Å². The Bertz CT molecular complexity index is 1060. The van der Waals surface area contributed by atoms with Crippen LogP contribution in [0.1, 0.15) is 62.8 Å². The van der Waals surface area contributed by atoms with Gasteiger partial charge in [0.1, 0.15) is 11.5 Å². The normalized spacial score (nSPS) is 11.9. The molecule has 0 aromatic heterocycles. The van der Waals surface area contributed by atoms with Gasteiger partial charge in [-0.2, -0.15) is 0 Å². The first-order valence-corrected chi connectivity index (χ1v) is 12.1. The number of phenolic OH excluding ortho intramolecular Hbond substituents is 2. The second-order valence-corrected chi connectivity index (χ2v) is 9.66. The number of benzene rings is 3. The molecule has 0 bridgehead atoms. The van der Waals surface area contributed by atoms with Crippen LogP contribution in [0.15, 0.2) is 70.6 Å². The Labute approximate surface area is 203 Å². The van der Waals surface area contributed by atoms with Gasteiger partial charge >= 0.3 is 0 Å². The molecule has 0 heterocycles. The Hall–Kier alpha value is -3.40. The number of aryl methyl sites for hydroxylation is 2. The van der Waals surface area contributed by atoms with Gasteiger partial charge in [-0.25, -0.2) is 0 Å². The predicted molar refractivity (Wildman–Crippen MR) is 143 cm³/mol. The second-order valence-electron chi connectivity index (χ2n) is 9.66. The Morgan fingerprint density at radius 3 is 1.44 bits per heavy atom. The quantitative estimate of drug-likeness (QED) is 0.306. The average Bonchev–Trinajstić information content (AvgIpc) is 2.81. The highest BCUT2D eigenvalue weighted by Gasteiger charge is 2.05. The number of nitrogens with zero attached hydrogens (tertiary/aromatic N) is 2. The van der Waals surface area contributed by atoms with E-state index in [0.717, 1.165) is 25.7 Å². The van der Waals surface area contributed by atoms with Crippen LogP contribution >= 0.6 is 0 Å². The standard InChI is InChI=1S/C30H36N2O2/c1-21(2)9-11-23-13-15-29(33)25(17-23)19-31-27-7-5-6-8-28(27)32-20-26-18-24(12-10-22(3)4)14-16-30(26)34/h5-8,13-22,33-34H,9-12H2,1-4H3. The molecular formula is C30H36N2O2. The molecule has 0 spiro atoms. The summed E-state index contributed by atoms with van der Waals surface area (Å²) in [6.07, 6.45) is 7.52. The van der Waals surface area contributed by atoms with E-state index < -0.39 is 0 Å². The number of para-hydroxylation sites is 2. The van der Waals surface area contributed by atoms with Gasteiger partial charge in [0.2, 0.25) is 0 Å². The summed E-state index contributed by atoms with van der Waals surface area (Å²) in [6, 6.07) is 19.0. The summed E-state index contributed by atoms with van der Waals surface area (Å²) in [5.41, 5.74) is 5.15. The van der Waals surface area contributed by atoms with Gasteiger partial charge in [0.25, 0.3) is 0 Å². The number of rotatable bonds is 10. The fourth-order valence-electron chi connectivity index (χ4n) is 3.60. The number of hydrogen-bond donors (Lipinski definition) is 2. The zero-order valence-electron chi connectivity index (χ0n) is 20.7. The molecule has 0 saturated carbocycles.